The van der Waals surface area contributed by atoms with Crippen LogP contribution in [0.2, 0.25) is 18.1 Å². The highest BCUT2D eigenvalue weighted by Gasteiger charge is 2.53. The highest BCUT2D eigenvalue weighted by atomic mass is 32.2. The summed E-state index contributed by atoms with van der Waals surface area (Å²) in [6.07, 6.45) is 3.93. The van der Waals surface area contributed by atoms with Crippen LogP contribution in [-0.2, 0) is 9.22 Å². The molecule has 0 aromatic rings. The molecule has 0 N–H and O–H groups in total. The summed E-state index contributed by atoms with van der Waals surface area (Å²) in [6, 6.07) is 0. The zero-order valence-corrected chi connectivity index (χ0v) is 16.6. The highest BCUT2D eigenvalue weighted by molar-refractivity contribution is 8.03. The molecule has 0 aliphatic heterocycles. The number of carbonyl (C=O) groups is 1. The van der Waals surface area contributed by atoms with E-state index in [1.165, 1.54) is 5.57 Å². The third-order valence-electron chi connectivity index (χ3n) is 5.57. The van der Waals surface area contributed by atoms with Crippen molar-refractivity contribution in [2.75, 3.05) is 6.26 Å². The number of ketones is 1. The first kappa shape index (κ1) is 17.3. The Balaban J connectivity index is 2.40. The molecule has 0 radical (unpaired) electrons. The fourth-order valence-corrected chi connectivity index (χ4v) is 5.59. The molecule has 1 saturated carbocycles. The smallest absolute Gasteiger partial charge is 0.192 e. The van der Waals surface area contributed by atoms with Crippen molar-refractivity contribution in [1.82, 2.24) is 0 Å². The molecule has 2 rings (SSSR count). The van der Waals surface area contributed by atoms with Crippen LogP contribution in [0.5, 0.6) is 0 Å². The number of thioether (sulfide) groups is 1. The minimum atomic E-state index is -1.84. The van der Waals surface area contributed by atoms with Crippen LogP contribution in [0.15, 0.2) is 10.5 Å². The number of hydrogen-bond donors (Lipinski definition) is 0. The lowest BCUT2D eigenvalue weighted by Gasteiger charge is -2.42. The van der Waals surface area contributed by atoms with E-state index in [0.29, 0.717) is 18.1 Å². The van der Waals surface area contributed by atoms with Gasteiger partial charge in [0, 0.05) is 6.42 Å². The van der Waals surface area contributed by atoms with Gasteiger partial charge >= 0.3 is 0 Å². The molecule has 0 aromatic heterocycles. The second-order valence-corrected chi connectivity index (χ2v) is 14.3. The topological polar surface area (TPSA) is 26.3 Å². The molecular weight excluding hydrogens is 296 g/mol. The van der Waals surface area contributed by atoms with E-state index in [-0.39, 0.29) is 16.6 Å². The first-order valence-corrected chi connectivity index (χ1v) is 12.0. The molecule has 21 heavy (non-hydrogen) atoms. The van der Waals surface area contributed by atoms with Gasteiger partial charge in [-0.15, -0.1) is 11.8 Å². The zero-order chi connectivity index (χ0) is 16.2. The summed E-state index contributed by atoms with van der Waals surface area (Å²) in [7, 11) is -1.84. The summed E-state index contributed by atoms with van der Waals surface area (Å²) < 4.78 is 6.79. The lowest BCUT2D eigenvalue weighted by Crippen LogP contribution is -2.46. The molecule has 0 aromatic carbocycles. The first-order valence-electron chi connectivity index (χ1n) is 7.90. The van der Waals surface area contributed by atoms with Crippen molar-refractivity contribution in [2.24, 2.45) is 11.3 Å². The quantitative estimate of drug-likeness (QED) is 0.682. The van der Waals surface area contributed by atoms with Crippen molar-refractivity contribution in [3.8, 4) is 0 Å². The minimum absolute atomic E-state index is 0.122. The van der Waals surface area contributed by atoms with Gasteiger partial charge in [0.25, 0.3) is 0 Å². The van der Waals surface area contributed by atoms with Crippen molar-refractivity contribution in [3.05, 3.63) is 10.5 Å². The van der Waals surface area contributed by atoms with Crippen LogP contribution < -0.4 is 0 Å². The summed E-state index contributed by atoms with van der Waals surface area (Å²) in [5.74, 6) is 0.756. The molecule has 120 valence electrons. The molecule has 0 amide bonds. The average Bonchev–Trinajstić information content (AvgIpc) is 2.69. The maximum absolute atomic E-state index is 12.2. The fourth-order valence-electron chi connectivity index (χ4n) is 3.38. The van der Waals surface area contributed by atoms with Gasteiger partial charge in [-0.2, -0.15) is 0 Å². The van der Waals surface area contributed by atoms with E-state index in [1.54, 1.807) is 11.8 Å². The van der Waals surface area contributed by atoms with Crippen molar-refractivity contribution in [2.45, 2.75) is 71.7 Å². The third kappa shape index (κ3) is 2.91. The fraction of sp³-hybridized carbons (Fsp3) is 0.824. The van der Waals surface area contributed by atoms with Gasteiger partial charge in [0.2, 0.25) is 0 Å². The summed E-state index contributed by atoms with van der Waals surface area (Å²) in [5.41, 5.74) is 1.46. The lowest BCUT2D eigenvalue weighted by molar-refractivity contribution is -0.114. The number of carbonyl (C=O) groups excluding carboxylic acids is 1. The number of Topliss-reactive ketones (excluding diaryl/α,β-unsaturated/α-hetero) is 1. The van der Waals surface area contributed by atoms with Crippen LogP contribution in [0.3, 0.4) is 0 Å². The Morgan fingerprint density at radius 1 is 1.29 bits per heavy atom. The Morgan fingerprint density at radius 2 is 1.86 bits per heavy atom. The largest absolute Gasteiger partial charge is 0.410 e. The van der Waals surface area contributed by atoms with E-state index in [1.807, 2.05) is 6.26 Å². The van der Waals surface area contributed by atoms with Gasteiger partial charge < -0.3 is 4.43 Å². The number of allylic oxidation sites excluding steroid dienone is 1. The Morgan fingerprint density at radius 3 is 2.33 bits per heavy atom. The molecule has 4 heteroatoms. The van der Waals surface area contributed by atoms with Crippen molar-refractivity contribution in [1.29, 1.82) is 0 Å². The lowest BCUT2D eigenvalue weighted by atomic mass is 9.87. The van der Waals surface area contributed by atoms with Crippen LogP contribution in [0.1, 0.15) is 47.5 Å². The van der Waals surface area contributed by atoms with Crippen molar-refractivity contribution >= 4 is 25.9 Å². The third-order valence-corrected chi connectivity index (χ3v) is 10.9. The highest BCUT2D eigenvalue weighted by Crippen LogP contribution is 2.55. The maximum Gasteiger partial charge on any atom is 0.192 e. The van der Waals surface area contributed by atoms with Crippen LogP contribution in [0.25, 0.3) is 0 Å². The standard InChI is InChI=1S/C17H30O2SSi/c1-16(2,3)21(7,8)19-15-13-11(10-17(15,4)5)9-12(18)14(13)20-6/h11,15H,9-10H2,1-8H3/t11-,15-/m0/s1. The molecule has 0 bridgehead atoms. The Kier molecular flexibility index (Phi) is 4.32. The van der Waals surface area contributed by atoms with E-state index in [9.17, 15) is 4.79 Å². The van der Waals surface area contributed by atoms with E-state index < -0.39 is 8.32 Å². The maximum atomic E-state index is 12.2. The summed E-state index contributed by atoms with van der Waals surface area (Å²) in [6.45, 7) is 16.1. The monoisotopic (exact) mass is 326 g/mol. The molecule has 0 spiro atoms. The molecule has 0 heterocycles. The molecule has 2 nitrogen and oxygen atoms in total. The SMILES string of the molecule is CSC1=C2[C@@H](CC1=O)CC(C)(C)[C@H]2O[Si](C)(C)C(C)(C)C. The van der Waals surface area contributed by atoms with Gasteiger partial charge in [-0.3, -0.25) is 4.79 Å². The molecule has 0 unspecified atom stereocenters. The van der Waals surface area contributed by atoms with Crippen molar-refractivity contribution in [3.63, 3.8) is 0 Å². The van der Waals surface area contributed by atoms with Gasteiger partial charge in [0.15, 0.2) is 14.1 Å². The van der Waals surface area contributed by atoms with E-state index >= 15 is 0 Å². The molecule has 0 saturated heterocycles. The van der Waals surface area contributed by atoms with Gasteiger partial charge in [0.05, 0.1) is 11.0 Å². The second kappa shape index (κ2) is 5.24. The zero-order valence-electron chi connectivity index (χ0n) is 14.8. The van der Waals surface area contributed by atoms with E-state index in [2.05, 4.69) is 47.7 Å². The molecule has 2 atom stereocenters. The average molecular weight is 327 g/mol. The Labute approximate surface area is 135 Å². The van der Waals surface area contributed by atoms with Crippen LogP contribution in [-0.4, -0.2) is 26.5 Å². The van der Waals surface area contributed by atoms with Gasteiger partial charge in [0.1, 0.15) is 0 Å². The Hall–Kier alpha value is -0.0631. The molecule has 2 aliphatic rings. The van der Waals surface area contributed by atoms with Gasteiger partial charge in [-0.25, -0.2) is 0 Å². The molecular formula is C17H30O2SSi. The van der Waals surface area contributed by atoms with Crippen LogP contribution >= 0.6 is 11.8 Å². The van der Waals surface area contributed by atoms with E-state index in [0.717, 1.165) is 11.3 Å². The second-order valence-electron chi connectivity index (χ2n) is 8.76. The summed E-state index contributed by atoms with van der Waals surface area (Å²) >= 11 is 1.62. The minimum Gasteiger partial charge on any atom is -0.410 e. The Bertz CT molecular complexity index is 486. The van der Waals surface area contributed by atoms with E-state index in [4.69, 9.17) is 4.43 Å². The van der Waals surface area contributed by atoms with Gasteiger partial charge in [-0.05, 0) is 47.7 Å². The normalized spacial score (nSPS) is 29.2. The van der Waals surface area contributed by atoms with Gasteiger partial charge in [-0.1, -0.05) is 34.6 Å². The predicted octanol–water partition coefficient (Wildman–Crippen LogP) is 5.01. The predicted molar refractivity (Wildman–Crippen MR) is 94.1 cm³/mol. The number of hydrogen-bond acceptors (Lipinski definition) is 3. The summed E-state index contributed by atoms with van der Waals surface area (Å²) in [4.78, 5) is 13.2. The number of fused-ring (bicyclic) bond motifs is 1. The molecule has 2 aliphatic carbocycles. The summed E-state index contributed by atoms with van der Waals surface area (Å²) in [5, 5.41) is 0.198. The molecule has 1 fully saturated rings. The first-order chi connectivity index (χ1) is 9.40. The van der Waals surface area contributed by atoms with Crippen molar-refractivity contribution < 1.29 is 9.22 Å². The van der Waals surface area contributed by atoms with Crippen LogP contribution in [0, 0.1) is 11.3 Å². The van der Waals surface area contributed by atoms with Crippen LogP contribution in [0.4, 0.5) is 0 Å². The number of rotatable bonds is 3.